The van der Waals surface area contributed by atoms with Crippen molar-refractivity contribution in [2.24, 2.45) is 0 Å². The van der Waals surface area contributed by atoms with Gasteiger partial charge in [0.2, 0.25) is 0 Å². The van der Waals surface area contributed by atoms with Crippen LogP contribution in [0.15, 0.2) is 64.4 Å². The lowest BCUT2D eigenvalue weighted by atomic mass is 10.3. The fraction of sp³-hybridized carbons (Fsp3) is 0.0714. The molecule has 0 amide bonds. The Balaban J connectivity index is 2.50. The predicted molar refractivity (Wildman–Crippen MR) is 91.4 cm³/mol. The molecular weight excluding hydrogens is 404 g/mol. The summed E-state index contributed by atoms with van der Waals surface area (Å²) in [6.45, 7) is 0. The maximum Gasteiger partial charge on any atom is 0.504 e. The van der Waals surface area contributed by atoms with Crippen molar-refractivity contribution in [3.8, 4) is 5.75 Å². The van der Waals surface area contributed by atoms with E-state index in [0.717, 1.165) is 42.7 Å². The van der Waals surface area contributed by atoms with Crippen molar-refractivity contribution in [2.45, 2.75) is 9.79 Å². The van der Waals surface area contributed by atoms with Gasteiger partial charge in [-0.3, -0.25) is 0 Å². The molecule has 2 rings (SSSR count). The van der Waals surface area contributed by atoms with Gasteiger partial charge in [0.25, 0.3) is 19.7 Å². The second kappa shape index (κ2) is 7.00. The summed E-state index contributed by atoms with van der Waals surface area (Å²) in [6, 6.07) is 10.5. The zero-order chi connectivity index (χ0) is 19.6. The summed E-state index contributed by atoms with van der Waals surface area (Å²) in [5, 5.41) is 0. The summed E-state index contributed by atoms with van der Waals surface area (Å²) in [7, 11) is -13.1. The molecule has 0 aliphatic rings. The number of hydrogen-bond acceptors (Lipinski definition) is 7. The first-order valence-corrected chi connectivity index (χ1v) is 11.5. The highest BCUT2D eigenvalue weighted by Crippen LogP contribution is 2.22. The van der Waals surface area contributed by atoms with Gasteiger partial charge < -0.3 is 9.71 Å². The van der Waals surface area contributed by atoms with E-state index in [4.69, 9.17) is 5.53 Å². The molecule has 2 aromatic carbocycles. The third kappa shape index (κ3) is 4.17. The van der Waals surface area contributed by atoms with Gasteiger partial charge >= 0.3 is 14.5 Å². The van der Waals surface area contributed by atoms with E-state index in [0.29, 0.717) is 0 Å². The molecule has 12 heteroatoms. The SMILES string of the molecule is CS(=O)(=O)Oc1ccc(S(=O)(=O)C(=[N+]=[N-])S(=O)(=O)c2ccccc2)cc1. The molecule has 0 saturated heterocycles. The van der Waals surface area contributed by atoms with Crippen molar-refractivity contribution in [1.29, 1.82) is 0 Å². The summed E-state index contributed by atoms with van der Waals surface area (Å²) >= 11 is 0. The van der Waals surface area contributed by atoms with Crippen LogP contribution >= 0.6 is 0 Å². The summed E-state index contributed by atoms with van der Waals surface area (Å²) in [6.07, 6.45) is 0.806. The number of sulfone groups is 2. The van der Waals surface area contributed by atoms with Gasteiger partial charge in [0, 0.05) is 0 Å². The van der Waals surface area contributed by atoms with E-state index in [9.17, 15) is 25.3 Å². The van der Waals surface area contributed by atoms with Gasteiger partial charge in [-0.2, -0.15) is 8.42 Å². The van der Waals surface area contributed by atoms with Crippen LogP contribution in [0, 0.1) is 0 Å². The average Bonchev–Trinajstić information content (AvgIpc) is 2.55. The number of nitrogens with zero attached hydrogens (tertiary/aromatic N) is 2. The van der Waals surface area contributed by atoms with Crippen LogP contribution in [0.4, 0.5) is 0 Å². The summed E-state index contributed by atoms with van der Waals surface area (Å²) < 4.78 is 75.3. The summed E-state index contributed by atoms with van der Waals surface area (Å²) in [5.74, 6) is -0.167. The molecule has 0 spiro atoms. The van der Waals surface area contributed by atoms with Crippen LogP contribution in [0.25, 0.3) is 5.53 Å². The van der Waals surface area contributed by atoms with Crippen molar-refractivity contribution in [1.82, 2.24) is 0 Å². The Hall–Kier alpha value is -2.53. The zero-order valence-electron chi connectivity index (χ0n) is 13.2. The fourth-order valence-electron chi connectivity index (χ4n) is 1.90. The van der Waals surface area contributed by atoms with Crippen LogP contribution in [0.3, 0.4) is 0 Å². The van der Waals surface area contributed by atoms with E-state index in [-0.39, 0.29) is 10.6 Å². The van der Waals surface area contributed by atoms with Gasteiger partial charge in [0.05, 0.1) is 16.0 Å². The third-order valence-corrected chi connectivity index (χ3v) is 7.66. The monoisotopic (exact) mass is 416 g/mol. The molecule has 9 nitrogen and oxygen atoms in total. The van der Waals surface area contributed by atoms with Crippen LogP contribution in [-0.2, 0) is 29.8 Å². The minimum Gasteiger partial charge on any atom is -0.383 e. The van der Waals surface area contributed by atoms with Crippen molar-refractivity contribution >= 4 is 34.2 Å². The Kier molecular flexibility index (Phi) is 5.33. The Bertz CT molecular complexity index is 1180. The molecule has 0 heterocycles. The quantitative estimate of drug-likeness (QED) is 0.236. The highest BCUT2D eigenvalue weighted by Gasteiger charge is 2.43. The zero-order valence-corrected chi connectivity index (χ0v) is 15.6. The number of rotatable bonds is 4. The largest absolute Gasteiger partial charge is 0.504 e. The highest BCUT2D eigenvalue weighted by atomic mass is 32.3. The van der Waals surface area contributed by atoms with Crippen molar-refractivity contribution < 1.29 is 34.2 Å². The van der Waals surface area contributed by atoms with Crippen molar-refractivity contribution in [2.75, 3.05) is 6.26 Å². The molecule has 0 saturated carbocycles. The van der Waals surface area contributed by atoms with Crippen LogP contribution in [0.2, 0.25) is 0 Å². The molecule has 0 N–H and O–H groups in total. The second-order valence-corrected chi connectivity index (χ2v) is 10.5. The second-order valence-electron chi connectivity index (χ2n) is 4.94. The lowest BCUT2D eigenvalue weighted by Crippen LogP contribution is -2.26. The maximum absolute atomic E-state index is 12.6. The highest BCUT2D eigenvalue weighted by molar-refractivity contribution is 8.31. The van der Waals surface area contributed by atoms with E-state index in [1.807, 2.05) is 0 Å². The smallest absolute Gasteiger partial charge is 0.383 e. The molecule has 0 aromatic heterocycles. The predicted octanol–water partition coefficient (Wildman–Crippen LogP) is 0.858. The molecule has 0 atom stereocenters. The van der Waals surface area contributed by atoms with Gasteiger partial charge in [-0.05, 0) is 36.4 Å². The van der Waals surface area contributed by atoms with Crippen molar-refractivity contribution in [3.63, 3.8) is 0 Å². The topological polar surface area (TPSA) is 148 Å². The van der Waals surface area contributed by atoms with Crippen molar-refractivity contribution in [3.05, 3.63) is 60.1 Å². The molecule has 2 aromatic rings. The van der Waals surface area contributed by atoms with Crippen LogP contribution in [0.5, 0.6) is 5.75 Å². The molecule has 0 unspecified atom stereocenters. The van der Waals surface area contributed by atoms with E-state index in [1.165, 1.54) is 18.2 Å². The molecule has 0 bridgehead atoms. The van der Waals surface area contributed by atoms with Crippen LogP contribution < -0.4 is 4.18 Å². The minimum absolute atomic E-state index is 0.167. The van der Waals surface area contributed by atoms with E-state index in [1.54, 1.807) is 0 Å². The standard InChI is InChI=1S/C14H12N2O7S3/c1-24(17,18)23-11-7-9-13(10-8-11)26(21,22)14(16-15)25(19,20)12-5-3-2-4-6-12/h2-10H,1H3. The third-order valence-electron chi connectivity index (χ3n) is 2.98. The Morgan fingerprint density at radius 3 is 1.69 bits per heavy atom. The molecule has 0 radical (unpaired) electrons. The Labute approximate surface area is 150 Å². The molecule has 0 fully saturated rings. The average molecular weight is 416 g/mol. The normalized spacial score (nSPS) is 12.2. The fourth-order valence-corrected chi connectivity index (χ4v) is 5.72. The Morgan fingerprint density at radius 1 is 0.808 bits per heavy atom. The molecule has 0 aliphatic heterocycles. The van der Waals surface area contributed by atoms with Gasteiger partial charge in [0.15, 0.2) is 0 Å². The first-order valence-electron chi connectivity index (χ1n) is 6.75. The molecular formula is C14H12N2O7S3. The first-order chi connectivity index (χ1) is 12.0. The van der Waals surface area contributed by atoms with Crippen LogP contribution in [-0.4, -0.2) is 40.7 Å². The molecule has 26 heavy (non-hydrogen) atoms. The van der Waals surface area contributed by atoms with Gasteiger partial charge in [-0.25, -0.2) is 16.8 Å². The van der Waals surface area contributed by atoms with Gasteiger partial charge in [-0.1, -0.05) is 18.2 Å². The first kappa shape index (κ1) is 19.8. The number of benzene rings is 2. The Morgan fingerprint density at radius 2 is 1.27 bits per heavy atom. The molecule has 0 aliphatic carbocycles. The lowest BCUT2D eigenvalue weighted by Gasteiger charge is -2.05. The van der Waals surface area contributed by atoms with E-state index in [2.05, 4.69) is 8.97 Å². The lowest BCUT2D eigenvalue weighted by molar-refractivity contribution is 0.00380. The van der Waals surface area contributed by atoms with E-state index >= 15 is 0 Å². The maximum atomic E-state index is 12.6. The number of hydrogen-bond donors (Lipinski definition) is 0. The summed E-state index contributed by atoms with van der Waals surface area (Å²) in [5.41, 5.74) is 9.05. The summed E-state index contributed by atoms with van der Waals surface area (Å²) in [4.78, 5) is 1.59. The van der Waals surface area contributed by atoms with E-state index < -0.39 is 39.1 Å². The van der Waals surface area contributed by atoms with Crippen LogP contribution in [0.1, 0.15) is 0 Å². The van der Waals surface area contributed by atoms with Gasteiger partial charge in [0.1, 0.15) is 5.75 Å². The van der Waals surface area contributed by atoms with Gasteiger partial charge in [-0.15, -0.1) is 4.79 Å². The minimum atomic E-state index is -4.71. The molecule has 138 valence electrons.